The maximum atomic E-state index is 12.5. The number of fused-ring (bicyclic) bond motifs is 1. The molecule has 0 aromatic heterocycles. The Hall–Kier alpha value is -2.62. The van der Waals surface area contributed by atoms with E-state index in [4.69, 9.17) is 5.73 Å². The van der Waals surface area contributed by atoms with Crippen LogP contribution in [0.15, 0.2) is 36.4 Å². The van der Waals surface area contributed by atoms with Crippen LogP contribution in [0, 0.1) is 6.92 Å². The van der Waals surface area contributed by atoms with Crippen LogP contribution < -0.4 is 11.1 Å². The first-order chi connectivity index (χ1) is 9.56. The predicted octanol–water partition coefficient (Wildman–Crippen LogP) is 2.30. The van der Waals surface area contributed by atoms with Crippen molar-refractivity contribution in [2.45, 2.75) is 13.3 Å². The molecule has 0 fully saturated rings. The summed E-state index contributed by atoms with van der Waals surface area (Å²) in [6.07, 6.45) is 0.319. The van der Waals surface area contributed by atoms with Crippen molar-refractivity contribution in [3.8, 4) is 0 Å². The number of rotatable bonds is 2. The third-order valence-corrected chi connectivity index (χ3v) is 3.56. The lowest BCUT2D eigenvalue weighted by Crippen LogP contribution is -2.07. The number of benzene rings is 2. The second-order valence-electron chi connectivity index (χ2n) is 4.96. The van der Waals surface area contributed by atoms with Crippen LogP contribution >= 0.6 is 0 Å². The van der Waals surface area contributed by atoms with E-state index in [1.54, 1.807) is 24.3 Å². The van der Waals surface area contributed by atoms with Crippen molar-refractivity contribution in [2.24, 2.45) is 0 Å². The molecule has 0 spiro atoms. The number of aryl methyl sites for hydroxylation is 1. The molecule has 4 nitrogen and oxygen atoms in total. The summed E-state index contributed by atoms with van der Waals surface area (Å²) in [7, 11) is 0. The largest absolute Gasteiger partial charge is 0.398 e. The van der Waals surface area contributed by atoms with Crippen molar-refractivity contribution >= 4 is 23.1 Å². The normalized spacial score (nSPS) is 12.9. The molecule has 1 aliphatic heterocycles. The molecule has 3 N–H and O–H groups in total. The lowest BCUT2D eigenvalue weighted by Gasteiger charge is -2.08. The van der Waals surface area contributed by atoms with Gasteiger partial charge in [0.25, 0.3) is 0 Å². The van der Waals surface area contributed by atoms with Crippen molar-refractivity contribution in [1.82, 2.24) is 0 Å². The van der Waals surface area contributed by atoms with Crippen LogP contribution in [-0.2, 0) is 11.2 Å². The van der Waals surface area contributed by atoms with E-state index in [0.29, 0.717) is 23.2 Å². The SMILES string of the molecule is Cc1cccc(C(=O)c2ccc3c(c2)CC(=O)N3)c1N. The van der Waals surface area contributed by atoms with E-state index in [9.17, 15) is 9.59 Å². The van der Waals surface area contributed by atoms with Gasteiger partial charge in [-0.3, -0.25) is 9.59 Å². The minimum atomic E-state index is -0.117. The van der Waals surface area contributed by atoms with Crippen molar-refractivity contribution in [3.05, 3.63) is 58.7 Å². The fourth-order valence-electron chi connectivity index (χ4n) is 2.40. The predicted molar refractivity (Wildman–Crippen MR) is 77.8 cm³/mol. The molecule has 0 atom stereocenters. The van der Waals surface area contributed by atoms with Crippen molar-refractivity contribution in [1.29, 1.82) is 0 Å². The number of para-hydroxylation sites is 1. The highest BCUT2D eigenvalue weighted by Gasteiger charge is 2.20. The summed E-state index contributed by atoms with van der Waals surface area (Å²) in [5.41, 5.74) is 10.0. The number of anilines is 2. The highest BCUT2D eigenvalue weighted by molar-refractivity contribution is 6.13. The number of carbonyl (C=O) groups excluding carboxylic acids is 2. The van der Waals surface area contributed by atoms with Crippen LogP contribution in [0.2, 0.25) is 0 Å². The fraction of sp³-hybridized carbons (Fsp3) is 0.125. The van der Waals surface area contributed by atoms with Gasteiger partial charge in [-0.2, -0.15) is 0 Å². The van der Waals surface area contributed by atoms with Crippen LogP contribution in [0.3, 0.4) is 0 Å². The van der Waals surface area contributed by atoms with E-state index >= 15 is 0 Å². The Labute approximate surface area is 116 Å². The molecule has 20 heavy (non-hydrogen) atoms. The number of nitrogens with two attached hydrogens (primary N) is 1. The topological polar surface area (TPSA) is 72.2 Å². The van der Waals surface area contributed by atoms with Crippen molar-refractivity contribution < 1.29 is 9.59 Å². The number of amides is 1. The number of nitrogen functional groups attached to an aromatic ring is 1. The van der Waals surface area contributed by atoms with Gasteiger partial charge in [-0.05, 0) is 42.3 Å². The minimum absolute atomic E-state index is 0.0420. The molecule has 2 aromatic rings. The maximum Gasteiger partial charge on any atom is 0.228 e. The van der Waals surface area contributed by atoms with Crippen LogP contribution in [0.25, 0.3) is 0 Å². The van der Waals surface area contributed by atoms with Crippen LogP contribution in [0.5, 0.6) is 0 Å². The first-order valence-electron chi connectivity index (χ1n) is 6.39. The average molecular weight is 266 g/mol. The number of hydrogen-bond acceptors (Lipinski definition) is 3. The van der Waals surface area contributed by atoms with Crippen LogP contribution in [-0.4, -0.2) is 11.7 Å². The fourth-order valence-corrected chi connectivity index (χ4v) is 2.40. The molecule has 0 bridgehead atoms. The summed E-state index contributed by atoms with van der Waals surface area (Å²) < 4.78 is 0. The highest BCUT2D eigenvalue weighted by atomic mass is 16.1. The van der Waals surface area contributed by atoms with Gasteiger partial charge in [0.1, 0.15) is 0 Å². The molecule has 100 valence electrons. The monoisotopic (exact) mass is 266 g/mol. The molecular weight excluding hydrogens is 252 g/mol. The smallest absolute Gasteiger partial charge is 0.228 e. The minimum Gasteiger partial charge on any atom is -0.398 e. The van der Waals surface area contributed by atoms with Gasteiger partial charge in [0, 0.05) is 22.5 Å². The summed E-state index contributed by atoms with van der Waals surface area (Å²) in [6.45, 7) is 1.87. The van der Waals surface area contributed by atoms with Crippen LogP contribution in [0.4, 0.5) is 11.4 Å². The lowest BCUT2D eigenvalue weighted by atomic mass is 9.97. The van der Waals surface area contributed by atoms with E-state index in [2.05, 4.69) is 5.32 Å². The Balaban J connectivity index is 2.02. The number of nitrogens with one attached hydrogen (secondary N) is 1. The van der Waals surface area contributed by atoms with Gasteiger partial charge < -0.3 is 11.1 Å². The standard InChI is InChI=1S/C16H14N2O2/c1-9-3-2-4-12(15(9)17)16(20)10-5-6-13-11(7-10)8-14(19)18-13/h2-7H,8,17H2,1H3,(H,18,19). The molecule has 3 rings (SSSR count). The van der Waals surface area contributed by atoms with E-state index < -0.39 is 0 Å². The van der Waals surface area contributed by atoms with Gasteiger partial charge in [0.2, 0.25) is 5.91 Å². The first kappa shape index (κ1) is 12.4. The Morgan fingerprint density at radius 1 is 1.25 bits per heavy atom. The number of ketones is 1. The molecule has 0 radical (unpaired) electrons. The Bertz CT molecular complexity index is 735. The molecule has 1 heterocycles. The van der Waals surface area contributed by atoms with Gasteiger partial charge in [-0.1, -0.05) is 12.1 Å². The van der Waals surface area contributed by atoms with E-state index in [1.165, 1.54) is 0 Å². The zero-order valence-electron chi connectivity index (χ0n) is 11.1. The summed E-state index contributed by atoms with van der Waals surface area (Å²) >= 11 is 0. The second-order valence-corrected chi connectivity index (χ2v) is 4.96. The van der Waals surface area contributed by atoms with Crippen molar-refractivity contribution in [2.75, 3.05) is 11.1 Å². The van der Waals surface area contributed by atoms with Gasteiger partial charge >= 0.3 is 0 Å². The van der Waals surface area contributed by atoms with E-state index in [0.717, 1.165) is 16.8 Å². The molecule has 0 saturated heterocycles. The molecule has 1 amide bonds. The van der Waals surface area contributed by atoms with Gasteiger partial charge in [-0.25, -0.2) is 0 Å². The maximum absolute atomic E-state index is 12.5. The molecule has 4 heteroatoms. The summed E-state index contributed by atoms with van der Waals surface area (Å²) in [5, 5.41) is 2.75. The molecular formula is C16H14N2O2. The summed E-state index contributed by atoms with van der Waals surface area (Å²) in [4.78, 5) is 23.8. The Kier molecular flexibility index (Phi) is 2.79. The van der Waals surface area contributed by atoms with Gasteiger partial charge in [0.15, 0.2) is 5.78 Å². The lowest BCUT2D eigenvalue weighted by molar-refractivity contribution is -0.115. The zero-order valence-corrected chi connectivity index (χ0v) is 11.1. The molecule has 2 aromatic carbocycles. The number of carbonyl (C=O) groups is 2. The Morgan fingerprint density at radius 3 is 2.85 bits per heavy atom. The van der Waals surface area contributed by atoms with E-state index in [1.807, 2.05) is 19.1 Å². The van der Waals surface area contributed by atoms with Crippen molar-refractivity contribution in [3.63, 3.8) is 0 Å². The van der Waals surface area contributed by atoms with E-state index in [-0.39, 0.29) is 11.7 Å². The van der Waals surface area contributed by atoms with Gasteiger partial charge in [-0.15, -0.1) is 0 Å². The first-order valence-corrected chi connectivity index (χ1v) is 6.39. The third-order valence-electron chi connectivity index (χ3n) is 3.56. The summed E-state index contributed by atoms with van der Waals surface area (Å²) in [5.74, 6) is -0.159. The van der Waals surface area contributed by atoms with Crippen LogP contribution in [0.1, 0.15) is 27.0 Å². The quantitative estimate of drug-likeness (QED) is 0.647. The average Bonchev–Trinajstić information content (AvgIpc) is 2.80. The molecule has 0 aliphatic carbocycles. The third kappa shape index (κ3) is 1.95. The molecule has 0 unspecified atom stereocenters. The summed E-state index contributed by atoms with van der Waals surface area (Å²) in [6, 6.07) is 10.7. The molecule has 0 saturated carbocycles. The highest BCUT2D eigenvalue weighted by Crippen LogP contribution is 2.26. The second kappa shape index (κ2) is 4.49. The Morgan fingerprint density at radius 2 is 2.05 bits per heavy atom. The number of hydrogen-bond donors (Lipinski definition) is 2. The molecule has 1 aliphatic rings. The zero-order chi connectivity index (χ0) is 14.3. The van der Waals surface area contributed by atoms with Gasteiger partial charge in [0.05, 0.1) is 6.42 Å².